The fourth-order valence-corrected chi connectivity index (χ4v) is 5.56. The van der Waals surface area contributed by atoms with Gasteiger partial charge in [-0.15, -0.1) is 10.2 Å². The molecule has 168 valence electrons. The highest BCUT2D eigenvalue weighted by Gasteiger charge is 2.27. The van der Waals surface area contributed by atoms with Crippen LogP contribution in [0.1, 0.15) is 12.8 Å². The zero-order valence-electron chi connectivity index (χ0n) is 17.5. The molecular weight excluding hydrogens is 446 g/mol. The van der Waals surface area contributed by atoms with Gasteiger partial charge in [0.1, 0.15) is 5.69 Å². The van der Waals surface area contributed by atoms with Gasteiger partial charge in [0.05, 0.1) is 4.90 Å². The van der Waals surface area contributed by atoms with Crippen LogP contribution in [-0.4, -0.2) is 36.0 Å². The topological polar surface area (TPSA) is 75.2 Å². The SMILES string of the molecule is O=S(=O)(c1cccc(Nc2nnc(-c3ccc(F)c(F)c3)c3ccccc23)c1)N1CCCC1. The van der Waals surface area contributed by atoms with Crippen molar-refractivity contribution in [2.24, 2.45) is 0 Å². The van der Waals surface area contributed by atoms with Crippen molar-refractivity contribution < 1.29 is 17.2 Å². The molecule has 0 bridgehead atoms. The van der Waals surface area contributed by atoms with Crippen LogP contribution in [-0.2, 0) is 10.0 Å². The molecule has 1 aliphatic rings. The van der Waals surface area contributed by atoms with Crippen LogP contribution in [0.5, 0.6) is 0 Å². The Morgan fingerprint density at radius 1 is 0.818 bits per heavy atom. The van der Waals surface area contributed by atoms with E-state index in [0.29, 0.717) is 46.6 Å². The van der Waals surface area contributed by atoms with E-state index >= 15 is 0 Å². The molecule has 4 aromatic rings. The fraction of sp³-hybridized carbons (Fsp3) is 0.167. The maximum Gasteiger partial charge on any atom is 0.243 e. The van der Waals surface area contributed by atoms with Crippen molar-refractivity contribution in [3.05, 3.63) is 78.4 Å². The van der Waals surface area contributed by atoms with Crippen LogP contribution in [0.3, 0.4) is 0 Å². The van der Waals surface area contributed by atoms with Crippen LogP contribution in [0, 0.1) is 11.6 Å². The van der Waals surface area contributed by atoms with Crippen LogP contribution >= 0.6 is 0 Å². The molecule has 33 heavy (non-hydrogen) atoms. The molecule has 0 amide bonds. The van der Waals surface area contributed by atoms with Gasteiger partial charge in [0.2, 0.25) is 10.0 Å². The standard InChI is InChI=1S/C24H20F2N4O2S/c25-21-11-10-16(14-22(21)26)23-19-8-1-2-9-20(19)24(29-28-23)27-17-6-5-7-18(15-17)33(31,32)30-12-3-4-13-30/h1-2,5-11,14-15H,3-4,12-13H2,(H,27,29). The van der Waals surface area contributed by atoms with E-state index in [4.69, 9.17) is 0 Å². The lowest BCUT2D eigenvalue weighted by molar-refractivity contribution is 0.477. The Balaban J connectivity index is 1.52. The third-order valence-electron chi connectivity index (χ3n) is 5.68. The van der Waals surface area contributed by atoms with E-state index in [1.165, 1.54) is 10.4 Å². The van der Waals surface area contributed by atoms with E-state index in [2.05, 4.69) is 15.5 Å². The number of fused-ring (bicyclic) bond motifs is 1. The molecule has 9 heteroatoms. The number of aromatic nitrogens is 2. The van der Waals surface area contributed by atoms with E-state index in [1.54, 1.807) is 24.3 Å². The summed E-state index contributed by atoms with van der Waals surface area (Å²) in [5, 5.41) is 13.1. The van der Waals surface area contributed by atoms with Crippen LogP contribution in [0.15, 0.2) is 71.6 Å². The highest BCUT2D eigenvalue weighted by Crippen LogP contribution is 2.32. The highest BCUT2D eigenvalue weighted by atomic mass is 32.2. The molecule has 1 fully saturated rings. The van der Waals surface area contributed by atoms with E-state index in [-0.39, 0.29) is 4.90 Å². The number of hydrogen-bond donors (Lipinski definition) is 1. The Kier molecular flexibility index (Phi) is 5.51. The Morgan fingerprint density at radius 3 is 2.33 bits per heavy atom. The first-order valence-electron chi connectivity index (χ1n) is 10.5. The predicted octanol–water partition coefficient (Wildman–Crippen LogP) is 5.10. The van der Waals surface area contributed by atoms with Gasteiger partial charge in [0.25, 0.3) is 0 Å². The molecule has 2 heterocycles. The minimum Gasteiger partial charge on any atom is -0.338 e. The maximum absolute atomic E-state index is 13.8. The summed E-state index contributed by atoms with van der Waals surface area (Å²) in [4.78, 5) is 0.213. The van der Waals surface area contributed by atoms with Crippen molar-refractivity contribution in [1.82, 2.24) is 14.5 Å². The van der Waals surface area contributed by atoms with Crippen molar-refractivity contribution in [1.29, 1.82) is 0 Å². The lowest BCUT2D eigenvalue weighted by Crippen LogP contribution is -2.27. The first kappa shape index (κ1) is 21.4. The quantitative estimate of drug-likeness (QED) is 0.443. The van der Waals surface area contributed by atoms with Gasteiger partial charge in [0, 0.05) is 35.1 Å². The number of hydrogen-bond acceptors (Lipinski definition) is 5. The largest absolute Gasteiger partial charge is 0.338 e. The first-order valence-corrected chi connectivity index (χ1v) is 12.0. The second kappa shape index (κ2) is 8.49. The summed E-state index contributed by atoms with van der Waals surface area (Å²) in [6, 6.07) is 17.5. The molecule has 0 saturated carbocycles. The minimum absolute atomic E-state index is 0.213. The summed E-state index contributed by atoms with van der Waals surface area (Å²) in [5.41, 5.74) is 1.37. The highest BCUT2D eigenvalue weighted by molar-refractivity contribution is 7.89. The Morgan fingerprint density at radius 2 is 1.58 bits per heavy atom. The molecule has 0 atom stereocenters. The smallest absolute Gasteiger partial charge is 0.243 e. The number of benzene rings is 3. The van der Waals surface area contributed by atoms with Gasteiger partial charge in [-0.2, -0.15) is 4.31 Å². The van der Waals surface area contributed by atoms with Crippen LogP contribution in [0.2, 0.25) is 0 Å². The predicted molar refractivity (Wildman–Crippen MR) is 123 cm³/mol. The lowest BCUT2D eigenvalue weighted by Gasteiger charge is -2.16. The minimum atomic E-state index is -3.56. The maximum atomic E-state index is 13.8. The Labute approximate surface area is 189 Å². The number of nitrogens with one attached hydrogen (secondary N) is 1. The van der Waals surface area contributed by atoms with Crippen LogP contribution in [0.4, 0.5) is 20.3 Å². The molecule has 1 saturated heterocycles. The number of halogens is 2. The zero-order valence-corrected chi connectivity index (χ0v) is 18.3. The Hall–Kier alpha value is -3.43. The van der Waals surface area contributed by atoms with Gasteiger partial charge in [-0.1, -0.05) is 30.3 Å². The molecule has 0 spiro atoms. The summed E-state index contributed by atoms with van der Waals surface area (Å²) in [6.45, 7) is 1.06. The molecular formula is C24H20F2N4O2S. The third-order valence-corrected chi connectivity index (χ3v) is 7.57. The molecule has 6 nitrogen and oxygen atoms in total. The van der Waals surface area contributed by atoms with Gasteiger partial charge in [-0.3, -0.25) is 0 Å². The van der Waals surface area contributed by atoms with Crippen LogP contribution < -0.4 is 5.32 Å². The summed E-state index contributed by atoms with van der Waals surface area (Å²) in [5.74, 6) is -1.47. The van der Waals surface area contributed by atoms with Gasteiger partial charge in [0.15, 0.2) is 17.5 Å². The third kappa shape index (κ3) is 4.05. The molecule has 3 aromatic carbocycles. The van der Waals surface area contributed by atoms with Gasteiger partial charge < -0.3 is 5.32 Å². The second-order valence-corrected chi connectivity index (χ2v) is 9.77. The normalized spacial score (nSPS) is 14.6. The number of nitrogens with zero attached hydrogens (tertiary/aromatic N) is 3. The van der Waals surface area contributed by atoms with E-state index in [9.17, 15) is 17.2 Å². The summed E-state index contributed by atoms with van der Waals surface area (Å²) >= 11 is 0. The number of sulfonamides is 1. The van der Waals surface area contributed by atoms with Gasteiger partial charge in [-0.05, 0) is 49.2 Å². The van der Waals surface area contributed by atoms with Gasteiger partial charge >= 0.3 is 0 Å². The fourth-order valence-electron chi connectivity index (χ4n) is 4.00. The van der Waals surface area contributed by atoms with Crippen LogP contribution in [0.25, 0.3) is 22.0 Å². The molecule has 1 N–H and O–H groups in total. The first-order chi connectivity index (χ1) is 15.9. The molecule has 1 aliphatic heterocycles. The lowest BCUT2D eigenvalue weighted by atomic mass is 10.0. The van der Waals surface area contributed by atoms with Gasteiger partial charge in [-0.25, -0.2) is 17.2 Å². The van der Waals surface area contributed by atoms with Crippen molar-refractivity contribution in [2.45, 2.75) is 17.7 Å². The molecule has 5 rings (SSSR count). The van der Waals surface area contributed by atoms with Crippen molar-refractivity contribution >= 4 is 32.3 Å². The van der Waals surface area contributed by atoms with E-state index < -0.39 is 21.7 Å². The second-order valence-electron chi connectivity index (χ2n) is 7.84. The number of rotatable bonds is 5. The monoisotopic (exact) mass is 466 g/mol. The van der Waals surface area contributed by atoms with Crippen molar-refractivity contribution in [3.63, 3.8) is 0 Å². The zero-order chi connectivity index (χ0) is 23.0. The van der Waals surface area contributed by atoms with E-state index in [0.717, 1.165) is 25.0 Å². The summed E-state index contributed by atoms with van der Waals surface area (Å²) in [6.07, 6.45) is 1.73. The van der Waals surface area contributed by atoms with Crippen molar-refractivity contribution in [3.8, 4) is 11.3 Å². The van der Waals surface area contributed by atoms with Crippen molar-refractivity contribution in [2.75, 3.05) is 18.4 Å². The molecule has 0 radical (unpaired) electrons. The molecule has 0 unspecified atom stereocenters. The average molecular weight is 467 g/mol. The average Bonchev–Trinajstić information content (AvgIpc) is 3.38. The summed E-state index contributed by atoms with van der Waals surface area (Å²) < 4.78 is 54.5. The number of anilines is 2. The van der Waals surface area contributed by atoms with E-state index in [1.807, 2.05) is 24.3 Å². The summed E-state index contributed by atoms with van der Waals surface area (Å²) in [7, 11) is -3.56. The molecule has 1 aromatic heterocycles. The molecule has 0 aliphatic carbocycles. The Bertz CT molecular complexity index is 1450.